The van der Waals surface area contributed by atoms with E-state index >= 15 is 0 Å². The molecule has 0 spiro atoms. The first-order valence-corrected chi connectivity index (χ1v) is 7.58. The van der Waals surface area contributed by atoms with Gasteiger partial charge < -0.3 is 18.9 Å². The van der Waals surface area contributed by atoms with Crippen LogP contribution in [0.2, 0.25) is 0 Å². The summed E-state index contributed by atoms with van der Waals surface area (Å²) >= 11 is 0. The van der Waals surface area contributed by atoms with Gasteiger partial charge in [-0.3, -0.25) is 0 Å². The van der Waals surface area contributed by atoms with Gasteiger partial charge in [-0.25, -0.2) is 0 Å². The highest BCUT2D eigenvalue weighted by Crippen LogP contribution is 2.25. The summed E-state index contributed by atoms with van der Waals surface area (Å²) in [6.45, 7) is 5.72. The van der Waals surface area contributed by atoms with Gasteiger partial charge in [0.25, 0.3) is 0 Å². The first-order chi connectivity index (χ1) is 10.7. The molecule has 0 N–H and O–H groups in total. The van der Waals surface area contributed by atoms with Crippen LogP contribution in [0, 0.1) is 0 Å². The van der Waals surface area contributed by atoms with Gasteiger partial charge in [0.15, 0.2) is 0 Å². The van der Waals surface area contributed by atoms with Gasteiger partial charge in [-0.05, 0) is 25.5 Å². The molecule has 1 saturated heterocycles. The highest BCUT2D eigenvalue weighted by atomic mass is 16.5. The lowest BCUT2D eigenvalue weighted by Crippen LogP contribution is -2.46. The summed E-state index contributed by atoms with van der Waals surface area (Å²) in [4.78, 5) is 6.62. The van der Waals surface area contributed by atoms with E-state index in [9.17, 15) is 0 Å². The third kappa shape index (κ3) is 3.06. The molecular formula is C16H21N3O3. The minimum Gasteiger partial charge on any atom is -0.497 e. The third-order valence-electron chi connectivity index (χ3n) is 3.80. The molecule has 1 aliphatic rings. The summed E-state index contributed by atoms with van der Waals surface area (Å²) in [6, 6.07) is 8.18. The zero-order valence-electron chi connectivity index (χ0n) is 13.2. The lowest BCUT2D eigenvalue weighted by Gasteiger charge is -2.35. The maximum atomic E-state index is 5.86. The van der Waals surface area contributed by atoms with Gasteiger partial charge >= 0.3 is 6.01 Å². The SMILES string of the molecule is CCC1CN(c2nc(-c3cccc(OC)c3)no2)CC(C)O1. The van der Waals surface area contributed by atoms with Crippen molar-refractivity contribution in [2.45, 2.75) is 32.5 Å². The van der Waals surface area contributed by atoms with E-state index in [4.69, 9.17) is 14.0 Å². The van der Waals surface area contributed by atoms with Gasteiger partial charge in [-0.1, -0.05) is 24.2 Å². The van der Waals surface area contributed by atoms with Gasteiger partial charge in [0.2, 0.25) is 5.82 Å². The highest BCUT2D eigenvalue weighted by molar-refractivity contribution is 5.58. The molecule has 1 aromatic heterocycles. The van der Waals surface area contributed by atoms with Gasteiger partial charge in [-0.2, -0.15) is 4.98 Å². The molecule has 0 radical (unpaired) electrons. The third-order valence-corrected chi connectivity index (χ3v) is 3.80. The lowest BCUT2D eigenvalue weighted by molar-refractivity contribution is -0.0188. The number of nitrogens with zero attached hydrogens (tertiary/aromatic N) is 3. The van der Waals surface area contributed by atoms with Gasteiger partial charge in [0.05, 0.1) is 19.3 Å². The van der Waals surface area contributed by atoms with Gasteiger partial charge in [0, 0.05) is 18.7 Å². The second-order valence-corrected chi connectivity index (χ2v) is 5.51. The Hall–Kier alpha value is -2.08. The number of benzene rings is 1. The van der Waals surface area contributed by atoms with E-state index in [1.165, 1.54) is 0 Å². The molecule has 118 valence electrons. The highest BCUT2D eigenvalue weighted by Gasteiger charge is 2.27. The molecule has 0 aliphatic carbocycles. The smallest absolute Gasteiger partial charge is 0.324 e. The molecule has 6 heteroatoms. The average molecular weight is 303 g/mol. The van der Waals surface area contributed by atoms with Crippen LogP contribution in [-0.2, 0) is 4.74 Å². The molecule has 0 saturated carbocycles. The molecule has 2 heterocycles. The Morgan fingerprint density at radius 2 is 2.23 bits per heavy atom. The van der Waals surface area contributed by atoms with Crippen LogP contribution in [0.3, 0.4) is 0 Å². The predicted octanol–water partition coefficient (Wildman–Crippen LogP) is 2.75. The predicted molar refractivity (Wildman–Crippen MR) is 83.1 cm³/mol. The zero-order valence-corrected chi connectivity index (χ0v) is 13.2. The number of morpholine rings is 1. The van der Waals surface area contributed by atoms with Crippen LogP contribution in [0.15, 0.2) is 28.8 Å². The number of hydrogen-bond acceptors (Lipinski definition) is 6. The molecule has 3 rings (SSSR count). The topological polar surface area (TPSA) is 60.6 Å². The second-order valence-electron chi connectivity index (χ2n) is 5.51. The van der Waals surface area contributed by atoms with Crippen LogP contribution in [0.5, 0.6) is 5.75 Å². The van der Waals surface area contributed by atoms with E-state index in [1.54, 1.807) is 7.11 Å². The summed E-state index contributed by atoms with van der Waals surface area (Å²) in [5, 5.41) is 4.09. The minimum absolute atomic E-state index is 0.158. The van der Waals surface area contributed by atoms with Crippen molar-refractivity contribution in [3.05, 3.63) is 24.3 Å². The van der Waals surface area contributed by atoms with Crippen LogP contribution >= 0.6 is 0 Å². The summed E-state index contributed by atoms with van der Waals surface area (Å²) < 4.78 is 16.5. The number of aromatic nitrogens is 2. The summed E-state index contributed by atoms with van der Waals surface area (Å²) in [5.41, 5.74) is 0.877. The minimum atomic E-state index is 0.158. The van der Waals surface area contributed by atoms with E-state index in [2.05, 4.69) is 28.9 Å². The molecule has 6 nitrogen and oxygen atoms in total. The second kappa shape index (κ2) is 6.36. The molecular weight excluding hydrogens is 282 g/mol. The number of methoxy groups -OCH3 is 1. The average Bonchev–Trinajstić information content (AvgIpc) is 3.04. The van der Waals surface area contributed by atoms with E-state index in [0.29, 0.717) is 11.8 Å². The van der Waals surface area contributed by atoms with Crippen LogP contribution in [-0.4, -0.2) is 42.5 Å². The van der Waals surface area contributed by atoms with Gasteiger partial charge in [0.1, 0.15) is 5.75 Å². The van der Waals surface area contributed by atoms with Crippen LogP contribution in [0.1, 0.15) is 20.3 Å². The number of anilines is 1. The van der Waals surface area contributed by atoms with E-state index in [-0.39, 0.29) is 12.2 Å². The van der Waals surface area contributed by atoms with Crippen molar-refractivity contribution in [2.24, 2.45) is 0 Å². The van der Waals surface area contributed by atoms with Crippen LogP contribution in [0.25, 0.3) is 11.4 Å². The van der Waals surface area contributed by atoms with Crippen molar-refractivity contribution in [2.75, 3.05) is 25.1 Å². The zero-order chi connectivity index (χ0) is 15.5. The monoisotopic (exact) mass is 303 g/mol. The fourth-order valence-electron chi connectivity index (χ4n) is 2.65. The molecule has 2 aromatic rings. The molecule has 1 aromatic carbocycles. The lowest BCUT2D eigenvalue weighted by atomic mass is 10.2. The normalized spacial score (nSPS) is 21.9. The Kier molecular flexibility index (Phi) is 4.29. The fourth-order valence-corrected chi connectivity index (χ4v) is 2.65. The van der Waals surface area contributed by atoms with E-state index in [1.807, 2.05) is 24.3 Å². The van der Waals surface area contributed by atoms with Crippen molar-refractivity contribution in [3.8, 4) is 17.1 Å². The maximum Gasteiger partial charge on any atom is 0.324 e. The molecule has 0 amide bonds. The van der Waals surface area contributed by atoms with Crippen molar-refractivity contribution in [3.63, 3.8) is 0 Å². The standard InChI is InChI=1S/C16H21N3O3/c1-4-13-10-19(9-11(2)21-13)16-17-15(18-22-16)12-6-5-7-14(8-12)20-3/h5-8,11,13H,4,9-10H2,1-3H3. The molecule has 1 fully saturated rings. The molecule has 22 heavy (non-hydrogen) atoms. The Bertz CT molecular complexity index is 629. The first kappa shape index (κ1) is 14.8. The molecule has 2 atom stereocenters. The van der Waals surface area contributed by atoms with Crippen molar-refractivity contribution in [1.29, 1.82) is 0 Å². The molecule has 1 aliphatic heterocycles. The van der Waals surface area contributed by atoms with E-state index in [0.717, 1.165) is 30.8 Å². The fraction of sp³-hybridized carbons (Fsp3) is 0.500. The number of ether oxygens (including phenoxy) is 2. The maximum absolute atomic E-state index is 5.86. The molecule has 0 bridgehead atoms. The van der Waals surface area contributed by atoms with Crippen molar-refractivity contribution in [1.82, 2.24) is 10.1 Å². The summed E-state index contributed by atoms with van der Waals surface area (Å²) in [7, 11) is 1.64. The van der Waals surface area contributed by atoms with Gasteiger partial charge in [-0.15, -0.1) is 0 Å². The van der Waals surface area contributed by atoms with Crippen molar-refractivity contribution >= 4 is 6.01 Å². The van der Waals surface area contributed by atoms with Crippen LogP contribution in [0.4, 0.5) is 6.01 Å². The Balaban J connectivity index is 1.81. The quantitative estimate of drug-likeness (QED) is 0.865. The van der Waals surface area contributed by atoms with E-state index < -0.39 is 0 Å². The Morgan fingerprint density at radius 1 is 1.36 bits per heavy atom. The first-order valence-electron chi connectivity index (χ1n) is 7.58. The van der Waals surface area contributed by atoms with Crippen molar-refractivity contribution < 1.29 is 14.0 Å². The Morgan fingerprint density at radius 3 is 3.00 bits per heavy atom. The largest absolute Gasteiger partial charge is 0.497 e. The number of hydrogen-bond donors (Lipinski definition) is 0. The Labute approximate surface area is 130 Å². The summed E-state index contributed by atoms with van der Waals surface area (Å²) in [5.74, 6) is 1.34. The van der Waals surface area contributed by atoms with Crippen LogP contribution < -0.4 is 9.64 Å². The number of rotatable bonds is 4. The summed E-state index contributed by atoms with van der Waals surface area (Å²) in [6.07, 6.45) is 1.33. The molecule has 2 unspecified atom stereocenters.